The maximum absolute atomic E-state index is 12.7. The lowest BCUT2D eigenvalue weighted by Crippen LogP contribution is -2.35. The first-order chi connectivity index (χ1) is 13.0. The standard InChI is InChI=1S/C21H27N3O3/c1-14-11-16(8-9-18(14)23-10-4-7-19(23)25)22-21(27)15-12-20(26)24(13-15)17-5-2-3-6-17/h8-9,11,15,17H,2-7,10,12-13H2,1H3,(H,22,27). The summed E-state index contributed by atoms with van der Waals surface area (Å²) in [4.78, 5) is 40.7. The van der Waals surface area contributed by atoms with Crippen molar-refractivity contribution in [1.82, 2.24) is 4.90 Å². The third kappa shape index (κ3) is 3.57. The van der Waals surface area contributed by atoms with Gasteiger partial charge in [0.1, 0.15) is 0 Å². The lowest BCUT2D eigenvalue weighted by atomic mass is 10.1. The van der Waals surface area contributed by atoms with Crippen molar-refractivity contribution in [3.05, 3.63) is 23.8 Å². The van der Waals surface area contributed by atoms with Gasteiger partial charge < -0.3 is 15.1 Å². The van der Waals surface area contributed by atoms with E-state index >= 15 is 0 Å². The largest absolute Gasteiger partial charge is 0.339 e. The van der Waals surface area contributed by atoms with E-state index in [2.05, 4.69) is 5.32 Å². The van der Waals surface area contributed by atoms with Crippen LogP contribution in [0.25, 0.3) is 0 Å². The number of nitrogens with zero attached hydrogens (tertiary/aromatic N) is 2. The average Bonchev–Trinajstić information content (AvgIpc) is 3.36. The minimum atomic E-state index is -0.279. The fourth-order valence-electron chi connectivity index (χ4n) is 4.66. The number of likely N-dealkylation sites (tertiary alicyclic amines) is 1. The Morgan fingerprint density at radius 2 is 1.89 bits per heavy atom. The van der Waals surface area contributed by atoms with Crippen LogP contribution in [0.15, 0.2) is 18.2 Å². The Bertz CT molecular complexity index is 770. The lowest BCUT2D eigenvalue weighted by molar-refractivity contribution is -0.130. The summed E-state index contributed by atoms with van der Waals surface area (Å²) in [5.74, 6) is -0.0982. The zero-order valence-electron chi connectivity index (χ0n) is 15.9. The van der Waals surface area contributed by atoms with Crippen LogP contribution in [0, 0.1) is 12.8 Å². The molecule has 3 aliphatic rings. The summed E-state index contributed by atoms with van der Waals surface area (Å²) in [6.45, 7) is 3.25. The number of hydrogen-bond donors (Lipinski definition) is 1. The molecule has 3 amide bonds. The molecule has 6 nitrogen and oxygen atoms in total. The molecule has 1 saturated carbocycles. The SMILES string of the molecule is Cc1cc(NC(=O)C2CC(=O)N(C3CCCC3)C2)ccc1N1CCCC1=O. The second kappa shape index (κ2) is 7.33. The highest BCUT2D eigenvalue weighted by Gasteiger charge is 2.38. The molecule has 6 heteroatoms. The van der Waals surface area contributed by atoms with Crippen LogP contribution in [0.3, 0.4) is 0 Å². The van der Waals surface area contributed by atoms with E-state index in [-0.39, 0.29) is 23.6 Å². The molecule has 1 aromatic carbocycles. The number of benzene rings is 1. The minimum absolute atomic E-state index is 0.0896. The highest BCUT2D eigenvalue weighted by atomic mass is 16.2. The molecule has 1 atom stereocenters. The molecule has 1 N–H and O–H groups in total. The van der Waals surface area contributed by atoms with Crippen LogP contribution in [-0.2, 0) is 14.4 Å². The highest BCUT2D eigenvalue weighted by molar-refractivity contribution is 5.99. The van der Waals surface area contributed by atoms with Crippen molar-refractivity contribution in [3.63, 3.8) is 0 Å². The molecule has 1 aromatic rings. The van der Waals surface area contributed by atoms with E-state index < -0.39 is 0 Å². The predicted octanol–water partition coefficient (Wildman–Crippen LogP) is 2.85. The van der Waals surface area contributed by atoms with E-state index in [4.69, 9.17) is 0 Å². The lowest BCUT2D eigenvalue weighted by Gasteiger charge is -2.24. The molecule has 2 aliphatic heterocycles. The molecule has 0 bridgehead atoms. The van der Waals surface area contributed by atoms with Crippen LogP contribution in [0.5, 0.6) is 0 Å². The summed E-state index contributed by atoms with van der Waals surface area (Å²) in [6.07, 6.45) is 6.29. The summed E-state index contributed by atoms with van der Waals surface area (Å²) >= 11 is 0. The van der Waals surface area contributed by atoms with E-state index in [0.29, 0.717) is 25.4 Å². The molecule has 2 heterocycles. The fraction of sp³-hybridized carbons (Fsp3) is 0.571. The summed E-state index contributed by atoms with van der Waals surface area (Å²) in [5, 5.41) is 2.96. The first kappa shape index (κ1) is 18.0. The molecule has 0 spiro atoms. The number of carbonyl (C=O) groups is 3. The average molecular weight is 369 g/mol. The predicted molar refractivity (Wildman–Crippen MR) is 103 cm³/mol. The second-order valence-electron chi connectivity index (χ2n) is 8.02. The van der Waals surface area contributed by atoms with Crippen LogP contribution < -0.4 is 10.2 Å². The third-order valence-electron chi connectivity index (χ3n) is 6.12. The summed E-state index contributed by atoms with van der Waals surface area (Å²) in [5.41, 5.74) is 2.61. The Balaban J connectivity index is 1.40. The first-order valence-corrected chi connectivity index (χ1v) is 10.0. The van der Waals surface area contributed by atoms with Crippen molar-refractivity contribution in [1.29, 1.82) is 0 Å². The monoisotopic (exact) mass is 369 g/mol. The molecule has 1 aliphatic carbocycles. The Morgan fingerprint density at radius 1 is 1.11 bits per heavy atom. The maximum atomic E-state index is 12.7. The summed E-state index contributed by atoms with van der Waals surface area (Å²) in [7, 11) is 0. The van der Waals surface area contributed by atoms with Crippen LogP contribution in [0.1, 0.15) is 50.5 Å². The molecule has 0 aromatic heterocycles. The first-order valence-electron chi connectivity index (χ1n) is 10.0. The summed E-state index contributed by atoms with van der Waals surface area (Å²) < 4.78 is 0. The molecule has 2 saturated heterocycles. The van der Waals surface area contributed by atoms with E-state index in [1.54, 1.807) is 0 Å². The van der Waals surface area contributed by atoms with Crippen LogP contribution >= 0.6 is 0 Å². The third-order valence-corrected chi connectivity index (χ3v) is 6.12. The van der Waals surface area contributed by atoms with Gasteiger partial charge in [-0.1, -0.05) is 12.8 Å². The van der Waals surface area contributed by atoms with Gasteiger partial charge in [0, 0.05) is 43.3 Å². The fourth-order valence-corrected chi connectivity index (χ4v) is 4.66. The van der Waals surface area contributed by atoms with Crippen molar-refractivity contribution in [2.24, 2.45) is 5.92 Å². The van der Waals surface area contributed by atoms with Crippen molar-refractivity contribution in [2.75, 3.05) is 23.3 Å². The quantitative estimate of drug-likeness (QED) is 0.887. The van der Waals surface area contributed by atoms with Crippen molar-refractivity contribution in [2.45, 2.75) is 57.9 Å². The van der Waals surface area contributed by atoms with Crippen molar-refractivity contribution in [3.8, 4) is 0 Å². The Morgan fingerprint density at radius 3 is 2.56 bits per heavy atom. The molecule has 27 heavy (non-hydrogen) atoms. The van der Waals surface area contributed by atoms with Crippen LogP contribution in [0.4, 0.5) is 11.4 Å². The molecular weight excluding hydrogens is 342 g/mol. The number of nitrogens with one attached hydrogen (secondary N) is 1. The Labute approximate surface area is 159 Å². The number of amides is 3. The van der Waals surface area contributed by atoms with Gasteiger partial charge in [0.2, 0.25) is 17.7 Å². The molecule has 3 fully saturated rings. The molecular formula is C21H27N3O3. The smallest absolute Gasteiger partial charge is 0.229 e. The maximum Gasteiger partial charge on any atom is 0.229 e. The normalized spacial score (nSPS) is 23.5. The second-order valence-corrected chi connectivity index (χ2v) is 8.02. The zero-order chi connectivity index (χ0) is 19.0. The van der Waals surface area contributed by atoms with Crippen LogP contribution in [-0.4, -0.2) is 41.8 Å². The number of rotatable bonds is 4. The minimum Gasteiger partial charge on any atom is -0.339 e. The molecule has 1 unspecified atom stereocenters. The van der Waals surface area contributed by atoms with Crippen LogP contribution in [0.2, 0.25) is 0 Å². The van der Waals surface area contributed by atoms with Gasteiger partial charge in [-0.3, -0.25) is 14.4 Å². The zero-order valence-corrected chi connectivity index (χ0v) is 15.9. The van der Waals surface area contributed by atoms with Gasteiger partial charge in [-0.05, 0) is 49.9 Å². The number of aryl methyl sites for hydroxylation is 1. The summed E-state index contributed by atoms with van der Waals surface area (Å²) in [6, 6.07) is 5.98. The number of carbonyl (C=O) groups excluding carboxylic acids is 3. The van der Waals surface area contributed by atoms with Crippen molar-refractivity contribution < 1.29 is 14.4 Å². The van der Waals surface area contributed by atoms with E-state index in [1.807, 2.05) is 34.9 Å². The van der Waals surface area contributed by atoms with Gasteiger partial charge >= 0.3 is 0 Å². The van der Waals surface area contributed by atoms with E-state index in [0.717, 1.165) is 42.7 Å². The number of hydrogen-bond acceptors (Lipinski definition) is 3. The van der Waals surface area contributed by atoms with Gasteiger partial charge in [0.05, 0.1) is 5.92 Å². The Kier molecular flexibility index (Phi) is 4.89. The van der Waals surface area contributed by atoms with Gasteiger partial charge in [-0.2, -0.15) is 0 Å². The Hall–Kier alpha value is -2.37. The van der Waals surface area contributed by atoms with Gasteiger partial charge in [0.25, 0.3) is 0 Å². The van der Waals surface area contributed by atoms with Gasteiger partial charge in [0.15, 0.2) is 0 Å². The van der Waals surface area contributed by atoms with E-state index in [1.165, 1.54) is 12.8 Å². The molecule has 144 valence electrons. The molecule has 4 rings (SSSR count). The topological polar surface area (TPSA) is 69.7 Å². The molecule has 0 radical (unpaired) electrons. The number of anilines is 2. The van der Waals surface area contributed by atoms with E-state index in [9.17, 15) is 14.4 Å². The highest BCUT2D eigenvalue weighted by Crippen LogP contribution is 2.31. The van der Waals surface area contributed by atoms with Gasteiger partial charge in [-0.25, -0.2) is 0 Å². The van der Waals surface area contributed by atoms with Gasteiger partial charge in [-0.15, -0.1) is 0 Å². The van der Waals surface area contributed by atoms with Crippen molar-refractivity contribution >= 4 is 29.1 Å².